The molecule has 6 aromatic rings. The molecule has 0 atom stereocenters. The fourth-order valence-electron chi connectivity index (χ4n) is 6.21. The van der Waals surface area contributed by atoms with Gasteiger partial charge < -0.3 is 14.2 Å². The van der Waals surface area contributed by atoms with Crippen LogP contribution in [-0.4, -0.2) is 64.8 Å². The van der Waals surface area contributed by atoms with E-state index in [9.17, 15) is 17.6 Å². The number of aryl methyl sites for hydroxylation is 1. The van der Waals surface area contributed by atoms with Crippen LogP contribution in [0.4, 0.5) is 18.0 Å². The fourth-order valence-corrected chi connectivity index (χ4v) is 7.50. The van der Waals surface area contributed by atoms with Crippen molar-refractivity contribution in [2.75, 3.05) is 26.0 Å². The van der Waals surface area contributed by atoms with Crippen LogP contribution in [0.15, 0.2) is 95.9 Å². The summed E-state index contributed by atoms with van der Waals surface area (Å²) in [6.07, 6.45) is 1.92. The molecule has 280 valence electrons. The number of hydrogen-bond donors (Lipinski definition) is 1. The molecule has 6 rings (SSSR count). The van der Waals surface area contributed by atoms with Gasteiger partial charge in [0.05, 0.1) is 39.1 Å². The maximum Gasteiger partial charge on any atom is 0.410 e. The number of alkyl halides is 1. The van der Waals surface area contributed by atoms with Crippen molar-refractivity contribution in [1.29, 1.82) is 0 Å². The van der Waals surface area contributed by atoms with Gasteiger partial charge in [0.1, 0.15) is 5.60 Å². The van der Waals surface area contributed by atoms with Gasteiger partial charge in [-0.3, -0.25) is 4.39 Å². The van der Waals surface area contributed by atoms with Crippen LogP contribution < -0.4 is 0 Å². The zero-order chi connectivity index (χ0) is 38.5. The second kappa shape index (κ2) is 16.5. The summed E-state index contributed by atoms with van der Waals surface area (Å²) in [4.78, 5) is 14.2. The van der Waals surface area contributed by atoms with Crippen LogP contribution in [0.25, 0.3) is 33.1 Å². The lowest BCUT2D eigenvalue weighted by Crippen LogP contribution is -2.38. The van der Waals surface area contributed by atoms with Crippen LogP contribution in [-0.2, 0) is 27.7 Å². The zero-order valence-electron chi connectivity index (χ0n) is 30.3. The third-order valence-corrected chi connectivity index (χ3v) is 10.3. The predicted molar refractivity (Wildman–Crippen MR) is 207 cm³/mol. The quantitative estimate of drug-likeness (QED) is 0.133. The summed E-state index contributed by atoms with van der Waals surface area (Å²) in [5.41, 5.74) is 3.03. The average molecular weight is 765 g/mol. The Morgan fingerprint density at radius 1 is 0.849 bits per heavy atom. The molecule has 0 saturated carbocycles. The van der Waals surface area contributed by atoms with Gasteiger partial charge in [0.25, 0.3) is 10.0 Å². The van der Waals surface area contributed by atoms with E-state index < -0.39 is 40.2 Å². The highest BCUT2D eigenvalue weighted by atomic mass is 32.2. The molecule has 0 spiro atoms. The molecule has 2 aromatic heterocycles. The Balaban J connectivity index is 0.00000266. The molecule has 4 aromatic carbocycles. The Kier molecular flexibility index (Phi) is 12.3. The molecular formula is C40H43F3N4O4S2. The molecule has 1 amide bonds. The second-order valence-corrected chi connectivity index (χ2v) is 15.2. The van der Waals surface area contributed by atoms with Gasteiger partial charge in [-0.2, -0.15) is 29.5 Å². The summed E-state index contributed by atoms with van der Waals surface area (Å²) in [7, 11) is -4.28. The van der Waals surface area contributed by atoms with Gasteiger partial charge in [-0.25, -0.2) is 9.18 Å². The number of rotatable bonds is 11. The molecule has 8 nitrogen and oxygen atoms in total. The number of nitrogens with zero attached hydrogens (tertiary/aromatic N) is 4. The molecule has 0 radical (unpaired) electrons. The van der Waals surface area contributed by atoms with E-state index in [1.165, 1.54) is 23.1 Å². The summed E-state index contributed by atoms with van der Waals surface area (Å²) in [5.74, 6) is -1.79. The Hall–Kier alpha value is -4.75. The van der Waals surface area contributed by atoms with E-state index in [-0.39, 0.29) is 46.4 Å². The maximum atomic E-state index is 16.9. The number of aromatic nitrogens is 3. The van der Waals surface area contributed by atoms with Crippen molar-refractivity contribution >= 4 is 50.6 Å². The van der Waals surface area contributed by atoms with Crippen molar-refractivity contribution in [3.63, 3.8) is 0 Å². The predicted octanol–water partition coefficient (Wildman–Crippen LogP) is 9.22. The standard InChI is InChI=1S/C39H39F3N4O4S.CH4S/c1-26-11-8-9-14-30(26)36-35(41)33-31(19-20-32-34(33)37(42)43-46(32)51(48,49)29-12-6-5-7-13-29)45(36)25-28-17-15-27(16-18-28)21-24-44(23-10-22-40)38(47)50-39(2,3)4;1-2/h5-9,11-20H,10,21-25H2,1-4H3;2H,1H3. The van der Waals surface area contributed by atoms with Crippen molar-refractivity contribution < 1.29 is 31.1 Å². The second-order valence-electron chi connectivity index (χ2n) is 13.4. The van der Waals surface area contributed by atoms with E-state index in [0.29, 0.717) is 28.1 Å². The van der Waals surface area contributed by atoms with Crippen molar-refractivity contribution in [3.8, 4) is 11.3 Å². The third-order valence-electron chi connectivity index (χ3n) is 8.66. The number of fused-ring (bicyclic) bond motifs is 3. The largest absolute Gasteiger partial charge is 0.444 e. The highest BCUT2D eigenvalue weighted by Crippen LogP contribution is 2.39. The lowest BCUT2D eigenvalue weighted by molar-refractivity contribution is 0.0247. The van der Waals surface area contributed by atoms with Crippen LogP contribution >= 0.6 is 12.6 Å². The first-order chi connectivity index (χ1) is 25.3. The van der Waals surface area contributed by atoms with E-state index in [2.05, 4.69) is 17.7 Å². The van der Waals surface area contributed by atoms with Crippen molar-refractivity contribution in [3.05, 3.63) is 119 Å². The van der Waals surface area contributed by atoms with E-state index in [1.54, 1.807) is 68.0 Å². The van der Waals surface area contributed by atoms with E-state index in [1.807, 2.05) is 43.3 Å². The van der Waals surface area contributed by atoms with Crippen molar-refractivity contribution in [2.45, 2.75) is 57.6 Å². The molecular weight excluding hydrogens is 722 g/mol. The molecule has 0 unspecified atom stereocenters. The molecule has 0 aliphatic rings. The van der Waals surface area contributed by atoms with Gasteiger partial charge in [-0.15, -0.1) is 5.10 Å². The highest BCUT2D eigenvalue weighted by molar-refractivity contribution is 7.90. The Morgan fingerprint density at radius 2 is 1.47 bits per heavy atom. The number of amides is 1. The molecule has 0 saturated heterocycles. The minimum Gasteiger partial charge on any atom is -0.444 e. The van der Waals surface area contributed by atoms with Crippen LogP contribution in [0.5, 0.6) is 0 Å². The lowest BCUT2D eigenvalue weighted by Gasteiger charge is -2.27. The van der Waals surface area contributed by atoms with E-state index >= 15 is 8.78 Å². The number of hydrogen-bond acceptors (Lipinski definition) is 6. The summed E-state index contributed by atoms with van der Waals surface area (Å²) in [6.45, 7) is 7.46. The normalized spacial score (nSPS) is 11.8. The minimum absolute atomic E-state index is 0.0649. The maximum absolute atomic E-state index is 16.9. The van der Waals surface area contributed by atoms with Gasteiger partial charge in [0.15, 0.2) is 5.82 Å². The van der Waals surface area contributed by atoms with E-state index in [4.69, 9.17) is 4.74 Å². The number of halogens is 3. The topological polar surface area (TPSA) is 86.4 Å². The molecule has 2 heterocycles. The van der Waals surface area contributed by atoms with Gasteiger partial charge in [0.2, 0.25) is 5.95 Å². The summed E-state index contributed by atoms with van der Waals surface area (Å²) < 4.78 is 80.5. The van der Waals surface area contributed by atoms with Gasteiger partial charge >= 0.3 is 6.09 Å². The molecule has 0 bridgehead atoms. The molecule has 0 N–H and O–H groups in total. The first-order valence-electron chi connectivity index (χ1n) is 17.1. The molecule has 0 fully saturated rings. The van der Waals surface area contributed by atoms with Crippen LogP contribution in [0.3, 0.4) is 0 Å². The van der Waals surface area contributed by atoms with Crippen LogP contribution in [0.2, 0.25) is 0 Å². The van der Waals surface area contributed by atoms with Crippen LogP contribution in [0, 0.1) is 18.7 Å². The lowest BCUT2D eigenvalue weighted by atomic mass is 10.0. The zero-order valence-corrected chi connectivity index (χ0v) is 32.0. The van der Waals surface area contributed by atoms with Gasteiger partial charge in [0, 0.05) is 25.2 Å². The number of ether oxygens (including phenoxy) is 1. The number of carbonyl (C=O) groups excluding carboxylic acids is 1. The smallest absolute Gasteiger partial charge is 0.410 e. The number of thiol groups is 1. The average Bonchev–Trinajstić information content (AvgIpc) is 3.63. The van der Waals surface area contributed by atoms with Crippen molar-refractivity contribution in [2.24, 2.45) is 0 Å². The van der Waals surface area contributed by atoms with Crippen LogP contribution in [0.1, 0.15) is 43.9 Å². The molecule has 0 aliphatic carbocycles. The van der Waals surface area contributed by atoms with Gasteiger partial charge in [-0.1, -0.05) is 66.7 Å². The SMILES string of the molecule is CS.Cc1ccccc1-c1c(F)c2c3c(F)nn(S(=O)(=O)c4ccccc4)c3ccc2n1Cc1ccc(CCN(CCCF)C(=O)OC(C)(C)C)cc1. The Labute approximate surface area is 313 Å². The minimum atomic E-state index is -4.28. The third kappa shape index (κ3) is 8.41. The molecule has 53 heavy (non-hydrogen) atoms. The highest BCUT2D eigenvalue weighted by Gasteiger charge is 2.29. The molecule has 0 aliphatic heterocycles. The first kappa shape index (κ1) is 39.5. The van der Waals surface area contributed by atoms with Crippen molar-refractivity contribution in [1.82, 2.24) is 18.7 Å². The van der Waals surface area contributed by atoms with Gasteiger partial charge in [-0.05, 0) is 87.7 Å². The summed E-state index contributed by atoms with van der Waals surface area (Å²) >= 11 is 3.53. The molecule has 13 heteroatoms. The monoisotopic (exact) mass is 764 g/mol. The Morgan fingerprint density at radius 3 is 2.11 bits per heavy atom. The van der Waals surface area contributed by atoms with E-state index in [0.717, 1.165) is 16.7 Å². The fraction of sp³-hybridized carbons (Fsp3) is 0.300. The summed E-state index contributed by atoms with van der Waals surface area (Å²) in [6, 6.07) is 25.6. The first-order valence-corrected chi connectivity index (χ1v) is 19.5. The summed E-state index contributed by atoms with van der Waals surface area (Å²) in [5, 5.41) is 3.47. The number of carbonyl (C=O) groups is 1. The Bertz CT molecular complexity index is 2320. The number of benzene rings is 4.